The molecule has 0 spiro atoms. The zero-order valence-electron chi connectivity index (χ0n) is 18.9. The molecule has 0 unspecified atom stereocenters. The Balaban J connectivity index is 1.41. The molecule has 1 aliphatic carbocycles. The van der Waals surface area contributed by atoms with Crippen LogP contribution >= 0.6 is 0 Å². The molecule has 0 bridgehead atoms. The Morgan fingerprint density at radius 2 is 1.70 bits per heavy atom. The van der Waals surface area contributed by atoms with Crippen molar-refractivity contribution >= 4 is 27.6 Å². The zero-order valence-corrected chi connectivity index (χ0v) is 19.7. The second-order valence-electron chi connectivity index (χ2n) is 8.87. The second kappa shape index (κ2) is 9.65. The van der Waals surface area contributed by atoms with Gasteiger partial charge in [-0.25, -0.2) is 8.42 Å². The summed E-state index contributed by atoms with van der Waals surface area (Å²) >= 11 is 0. The molecule has 1 heterocycles. The first kappa shape index (κ1) is 23.4. The minimum absolute atomic E-state index is 0.153. The van der Waals surface area contributed by atoms with Crippen molar-refractivity contribution in [3.05, 3.63) is 59.7 Å². The van der Waals surface area contributed by atoms with Crippen LogP contribution in [0.25, 0.3) is 0 Å². The smallest absolute Gasteiger partial charge is 0.317 e. The number of hydrogen-bond donors (Lipinski definition) is 1. The number of nitrogens with one attached hydrogen (secondary N) is 1. The van der Waals surface area contributed by atoms with Crippen molar-refractivity contribution < 1.29 is 22.7 Å². The second-order valence-corrected chi connectivity index (χ2v) is 10.8. The number of nitrogens with zero attached hydrogens (tertiary/aromatic N) is 1. The average molecular weight is 471 g/mol. The number of esters is 1. The Hall–Kier alpha value is -2.71. The van der Waals surface area contributed by atoms with Gasteiger partial charge in [0.05, 0.1) is 10.3 Å². The van der Waals surface area contributed by atoms with E-state index in [9.17, 15) is 18.0 Å². The Labute approximate surface area is 195 Å². The zero-order chi connectivity index (χ0) is 23.5. The van der Waals surface area contributed by atoms with E-state index in [1.165, 1.54) is 10.4 Å². The quantitative estimate of drug-likeness (QED) is 0.622. The van der Waals surface area contributed by atoms with Gasteiger partial charge in [-0.3, -0.25) is 9.59 Å². The van der Waals surface area contributed by atoms with Gasteiger partial charge in [-0.05, 0) is 55.9 Å². The molecule has 33 heavy (non-hydrogen) atoms. The Kier molecular flexibility index (Phi) is 6.86. The molecule has 1 amide bonds. The predicted octanol–water partition coefficient (Wildman–Crippen LogP) is 3.77. The average Bonchev–Trinajstić information content (AvgIpc) is 2.79. The maximum Gasteiger partial charge on any atom is 0.317 e. The summed E-state index contributed by atoms with van der Waals surface area (Å²) in [5.74, 6) is -0.894. The molecule has 8 heteroatoms. The molecule has 1 N–H and O–H groups in total. The van der Waals surface area contributed by atoms with E-state index >= 15 is 0 Å². The van der Waals surface area contributed by atoms with E-state index in [-0.39, 0.29) is 4.90 Å². The molecular weight excluding hydrogens is 440 g/mol. The minimum Gasteiger partial charge on any atom is -0.455 e. The first-order valence-corrected chi connectivity index (χ1v) is 12.9. The summed E-state index contributed by atoms with van der Waals surface area (Å²) in [6.45, 7) is 2.39. The number of rotatable bonds is 7. The van der Waals surface area contributed by atoms with Crippen molar-refractivity contribution in [2.75, 3.05) is 25.0 Å². The van der Waals surface area contributed by atoms with Crippen LogP contribution in [0, 0.1) is 6.92 Å². The van der Waals surface area contributed by atoms with Gasteiger partial charge >= 0.3 is 5.97 Å². The van der Waals surface area contributed by atoms with E-state index in [2.05, 4.69) is 5.32 Å². The van der Waals surface area contributed by atoms with E-state index in [1.54, 1.807) is 19.1 Å². The maximum absolute atomic E-state index is 13.0. The number of anilines is 1. The Morgan fingerprint density at radius 1 is 1.00 bits per heavy atom. The summed E-state index contributed by atoms with van der Waals surface area (Å²) in [5, 5.41) is 2.71. The van der Waals surface area contributed by atoms with E-state index in [4.69, 9.17) is 4.74 Å². The summed E-state index contributed by atoms with van der Waals surface area (Å²) in [6, 6.07) is 14.2. The lowest BCUT2D eigenvalue weighted by Gasteiger charge is -2.39. The topological polar surface area (TPSA) is 92.8 Å². The van der Waals surface area contributed by atoms with Crippen molar-refractivity contribution in [3.8, 4) is 0 Å². The third kappa shape index (κ3) is 4.82. The molecule has 2 fully saturated rings. The normalized spacial score (nSPS) is 18.2. The standard InChI is InChI=1S/C25H30N2O5S/c1-19-11-12-21(33(30,31)27-15-6-3-7-16-27)17-22(19)26-23(28)18-32-24(29)25(13-8-14-25)20-9-4-2-5-10-20/h2,4-5,9-12,17H,3,6-8,13-16,18H2,1H3,(H,26,28). The summed E-state index contributed by atoms with van der Waals surface area (Å²) in [6.07, 6.45) is 5.08. The molecule has 1 saturated carbocycles. The third-order valence-corrected chi connectivity index (χ3v) is 8.59. The van der Waals surface area contributed by atoms with Gasteiger partial charge in [0.15, 0.2) is 6.61 Å². The molecule has 4 rings (SSSR count). The van der Waals surface area contributed by atoms with Gasteiger partial charge in [0.1, 0.15) is 0 Å². The van der Waals surface area contributed by atoms with E-state index in [0.717, 1.165) is 36.8 Å². The number of aryl methyl sites for hydroxylation is 1. The highest BCUT2D eigenvalue weighted by molar-refractivity contribution is 7.89. The molecule has 7 nitrogen and oxygen atoms in total. The van der Waals surface area contributed by atoms with Crippen LogP contribution in [0.3, 0.4) is 0 Å². The molecule has 0 aromatic heterocycles. The lowest BCUT2D eigenvalue weighted by molar-refractivity contribution is -0.156. The van der Waals surface area contributed by atoms with E-state index in [1.807, 2.05) is 30.3 Å². The lowest BCUT2D eigenvalue weighted by Crippen LogP contribution is -2.44. The lowest BCUT2D eigenvalue weighted by atomic mass is 9.64. The van der Waals surface area contributed by atoms with Crippen LogP contribution < -0.4 is 5.32 Å². The molecule has 0 radical (unpaired) electrons. The molecule has 2 aromatic carbocycles. The van der Waals surface area contributed by atoms with Crippen molar-refractivity contribution in [2.24, 2.45) is 0 Å². The summed E-state index contributed by atoms with van der Waals surface area (Å²) in [7, 11) is -3.61. The van der Waals surface area contributed by atoms with Crippen molar-refractivity contribution in [2.45, 2.75) is 55.8 Å². The van der Waals surface area contributed by atoms with Crippen LogP contribution in [-0.4, -0.2) is 44.3 Å². The number of carbonyl (C=O) groups excluding carboxylic acids is 2. The summed E-state index contributed by atoms with van der Waals surface area (Å²) in [5.41, 5.74) is 1.36. The number of sulfonamides is 1. The number of piperidine rings is 1. The van der Waals surface area contributed by atoms with Gasteiger partial charge in [-0.1, -0.05) is 49.2 Å². The summed E-state index contributed by atoms with van der Waals surface area (Å²) in [4.78, 5) is 25.6. The van der Waals surface area contributed by atoms with Crippen molar-refractivity contribution in [3.63, 3.8) is 0 Å². The largest absolute Gasteiger partial charge is 0.455 e. The molecule has 2 aromatic rings. The Morgan fingerprint density at radius 3 is 2.33 bits per heavy atom. The van der Waals surface area contributed by atoms with Gasteiger partial charge in [-0.2, -0.15) is 4.31 Å². The summed E-state index contributed by atoms with van der Waals surface area (Å²) < 4.78 is 32.8. The fraction of sp³-hybridized carbons (Fsp3) is 0.440. The highest BCUT2D eigenvalue weighted by Crippen LogP contribution is 2.44. The first-order valence-electron chi connectivity index (χ1n) is 11.5. The molecule has 0 atom stereocenters. The fourth-order valence-electron chi connectivity index (χ4n) is 4.50. The number of benzene rings is 2. The molecule has 1 saturated heterocycles. The predicted molar refractivity (Wildman–Crippen MR) is 125 cm³/mol. The molecule has 2 aliphatic rings. The van der Waals surface area contributed by atoms with Gasteiger partial charge in [0, 0.05) is 18.8 Å². The van der Waals surface area contributed by atoms with Crippen molar-refractivity contribution in [1.82, 2.24) is 4.31 Å². The molecule has 176 valence electrons. The highest BCUT2D eigenvalue weighted by Gasteiger charge is 2.47. The van der Waals surface area contributed by atoms with Crippen LogP contribution in [-0.2, 0) is 29.8 Å². The molecule has 1 aliphatic heterocycles. The first-order chi connectivity index (χ1) is 15.8. The third-order valence-electron chi connectivity index (χ3n) is 6.69. The van der Waals surface area contributed by atoms with Crippen molar-refractivity contribution in [1.29, 1.82) is 0 Å². The van der Waals surface area contributed by atoms with Gasteiger partial charge in [0.2, 0.25) is 10.0 Å². The highest BCUT2D eigenvalue weighted by atomic mass is 32.2. The number of amides is 1. The van der Waals surface area contributed by atoms with Gasteiger partial charge in [0.25, 0.3) is 5.91 Å². The number of ether oxygens (including phenoxy) is 1. The minimum atomic E-state index is -3.61. The van der Waals surface area contributed by atoms with Gasteiger partial charge in [-0.15, -0.1) is 0 Å². The number of carbonyl (C=O) groups is 2. The van der Waals surface area contributed by atoms with Crippen LogP contribution in [0.15, 0.2) is 53.4 Å². The maximum atomic E-state index is 13.0. The van der Waals surface area contributed by atoms with Crippen LogP contribution in [0.5, 0.6) is 0 Å². The number of hydrogen-bond acceptors (Lipinski definition) is 5. The Bertz CT molecular complexity index is 1120. The van der Waals surface area contributed by atoms with Crippen LogP contribution in [0.4, 0.5) is 5.69 Å². The molecular formula is C25H30N2O5S. The van der Waals surface area contributed by atoms with E-state index < -0.39 is 33.9 Å². The SMILES string of the molecule is Cc1ccc(S(=O)(=O)N2CCCCC2)cc1NC(=O)COC(=O)C1(c2ccccc2)CCC1. The fourth-order valence-corrected chi connectivity index (χ4v) is 6.05. The van der Waals surface area contributed by atoms with Gasteiger partial charge < -0.3 is 10.1 Å². The van der Waals surface area contributed by atoms with Crippen LogP contribution in [0.1, 0.15) is 49.7 Å². The van der Waals surface area contributed by atoms with Crippen LogP contribution in [0.2, 0.25) is 0 Å². The van der Waals surface area contributed by atoms with E-state index in [0.29, 0.717) is 31.6 Å². The monoisotopic (exact) mass is 470 g/mol.